The molecule has 0 N–H and O–H groups in total. The molecular weight excluding hydrogens is 596 g/mol. The lowest BCUT2D eigenvalue weighted by molar-refractivity contribution is 0.0717. The van der Waals surface area contributed by atoms with E-state index in [0.29, 0.717) is 37.6 Å². The Kier molecular flexibility index (Phi) is 8.37. The van der Waals surface area contributed by atoms with Gasteiger partial charge in [-0.3, -0.25) is 4.79 Å². The summed E-state index contributed by atoms with van der Waals surface area (Å²) in [5.74, 6) is -1.89. The Morgan fingerprint density at radius 3 is 2.35 bits per heavy atom. The first-order valence-corrected chi connectivity index (χ1v) is 16.4. The lowest BCUT2D eigenvalue weighted by Gasteiger charge is -2.43. The Bertz CT molecular complexity index is 1610. The van der Waals surface area contributed by atoms with Gasteiger partial charge in [-0.1, -0.05) is 41.9 Å². The van der Waals surface area contributed by atoms with Gasteiger partial charge in [0.15, 0.2) is 11.6 Å². The number of carbonyl (C=O) groups excluding carboxylic acids is 1. The van der Waals surface area contributed by atoms with Crippen LogP contribution in [0.25, 0.3) is 0 Å². The van der Waals surface area contributed by atoms with E-state index in [0.717, 1.165) is 44.2 Å². The summed E-state index contributed by atoms with van der Waals surface area (Å²) in [6.07, 6.45) is 4.20. The van der Waals surface area contributed by atoms with Crippen LogP contribution in [0.2, 0.25) is 5.02 Å². The van der Waals surface area contributed by atoms with Crippen molar-refractivity contribution in [3.8, 4) is 5.75 Å². The highest BCUT2D eigenvalue weighted by molar-refractivity contribution is 7.89. The topological polar surface area (TPSA) is 70.2 Å². The summed E-state index contributed by atoms with van der Waals surface area (Å²) in [6.45, 7) is 1.61. The molecule has 0 aliphatic carbocycles. The molecular formula is C32H34ClF2N3O4S. The number of carbonyl (C=O) groups is 1. The van der Waals surface area contributed by atoms with Gasteiger partial charge in [-0.25, -0.2) is 17.2 Å². The Hall–Kier alpha value is -3.21. The predicted molar refractivity (Wildman–Crippen MR) is 161 cm³/mol. The number of hydrogen-bond donors (Lipinski definition) is 0. The molecule has 228 valence electrons. The van der Waals surface area contributed by atoms with E-state index >= 15 is 0 Å². The van der Waals surface area contributed by atoms with Crippen LogP contribution in [0, 0.1) is 17.6 Å². The van der Waals surface area contributed by atoms with E-state index in [1.807, 2.05) is 18.2 Å². The number of piperazine rings is 1. The molecule has 0 spiro atoms. The molecule has 3 saturated heterocycles. The number of likely N-dealkylation sites (tertiary alicyclic amines) is 1. The van der Waals surface area contributed by atoms with Crippen molar-refractivity contribution in [1.82, 2.24) is 9.21 Å². The highest BCUT2D eigenvalue weighted by Gasteiger charge is 2.43. The SMILES string of the molecule is COc1ccc(S(=O)(=O)N2CCCC(Cc3ccccc3)C2)cc1N1[C@@H]2CC[C@H]1CN(C(=O)c1cc(F)c(F)cc1Cl)C2. The van der Waals surface area contributed by atoms with Gasteiger partial charge in [-0.05, 0) is 73.9 Å². The van der Waals surface area contributed by atoms with Crippen LogP contribution in [0.5, 0.6) is 5.75 Å². The van der Waals surface area contributed by atoms with E-state index in [-0.39, 0.29) is 33.5 Å². The zero-order valence-corrected chi connectivity index (χ0v) is 25.5. The van der Waals surface area contributed by atoms with Crippen molar-refractivity contribution in [3.63, 3.8) is 0 Å². The average Bonchev–Trinajstić information content (AvgIpc) is 3.27. The minimum Gasteiger partial charge on any atom is -0.495 e. The highest BCUT2D eigenvalue weighted by atomic mass is 35.5. The van der Waals surface area contributed by atoms with Crippen molar-refractivity contribution in [3.05, 3.63) is 88.4 Å². The monoisotopic (exact) mass is 629 g/mol. The first kappa shape index (κ1) is 29.8. The van der Waals surface area contributed by atoms with Gasteiger partial charge in [0.1, 0.15) is 5.75 Å². The number of sulfonamides is 1. The van der Waals surface area contributed by atoms with Gasteiger partial charge < -0.3 is 14.5 Å². The summed E-state index contributed by atoms with van der Waals surface area (Å²) in [7, 11) is -2.20. The minimum atomic E-state index is -3.75. The van der Waals surface area contributed by atoms with E-state index in [1.165, 1.54) is 5.56 Å². The van der Waals surface area contributed by atoms with Gasteiger partial charge in [-0.15, -0.1) is 0 Å². The minimum absolute atomic E-state index is 0.0776. The molecule has 3 aliphatic heterocycles. The molecule has 1 amide bonds. The summed E-state index contributed by atoms with van der Waals surface area (Å²) in [4.78, 5) is 17.3. The van der Waals surface area contributed by atoms with Gasteiger partial charge in [-0.2, -0.15) is 4.31 Å². The smallest absolute Gasteiger partial charge is 0.255 e. The van der Waals surface area contributed by atoms with Crippen LogP contribution < -0.4 is 9.64 Å². The lowest BCUT2D eigenvalue weighted by atomic mass is 9.92. The second-order valence-electron chi connectivity index (χ2n) is 11.6. The molecule has 0 aromatic heterocycles. The summed E-state index contributed by atoms with van der Waals surface area (Å²) < 4.78 is 62.7. The predicted octanol–water partition coefficient (Wildman–Crippen LogP) is 5.76. The number of fused-ring (bicyclic) bond motifs is 2. The number of anilines is 1. The fourth-order valence-electron chi connectivity index (χ4n) is 6.86. The molecule has 3 aromatic rings. The maximum absolute atomic E-state index is 13.9. The third-order valence-electron chi connectivity index (χ3n) is 8.92. The maximum atomic E-state index is 13.9. The normalized spacial score (nSPS) is 22.6. The summed E-state index contributed by atoms with van der Waals surface area (Å²) in [5.41, 5.74) is 1.80. The molecule has 3 fully saturated rings. The van der Waals surface area contributed by atoms with E-state index in [4.69, 9.17) is 16.3 Å². The summed E-state index contributed by atoms with van der Waals surface area (Å²) in [6, 6.07) is 16.6. The molecule has 6 rings (SSSR count). The summed E-state index contributed by atoms with van der Waals surface area (Å²) in [5, 5.41) is -0.137. The standard InChI is InChI=1S/C32H34ClF2N3O4S/c1-42-31-12-11-25(43(40,41)37-13-5-8-22(18-37)14-21-6-3-2-4-7-21)15-30(31)38-23-9-10-24(38)20-36(19-23)32(39)26-16-28(34)29(35)17-27(26)33/h2-4,6-7,11-12,15-17,22-24H,5,8-10,13-14,18-20H2,1H3/t22?,23-,24+. The van der Waals surface area contributed by atoms with Crippen LogP contribution in [0.3, 0.4) is 0 Å². The van der Waals surface area contributed by atoms with Gasteiger partial charge in [0.25, 0.3) is 5.91 Å². The first-order valence-electron chi connectivity index (χ1n) is 14.6. The van der Waals surface area contributed by atoms with E-state index in [9.17, 15) is 22.0 Å². The molecule has 1 unspecified atom stereocenters. The fourth-order valence-corrected chi connectivity index (χ4v) is 8.67. The number of ether oxygens (including phenoxy) is 1. The molecule has 3 aromatic carbocycles. The second kappa shape index (κ2) is 12.1. The molecule has 43 heavy (non-hydrogen) atoms. The number of amides is 1. The molecule has 7 nitrogen and oxygen atoms in total. The van der Waals surface area contributed by atoms with Crippen molar-refractivity contribution in [1.29, 1.82) is 0 Å². The Balaban J connectivity index is 1.23. The number of hydrogen-bond acceptors (Lipinski definition) is 5. The largest absolute Gasteiger partial charge is 0.495 e. The van der Waals surface area contributed by atoms with Gasteiger partial charge >= 0.3 is 0 Å². The van der Waals surface area contributed by atoms with Gasteiger partial charge in [0, 0.05) is 38.3 Å². The third kappa shape index (κ3) is 5.84. The molecule has 3 heterocycles. The average molecular weight is 630 g/mol. The number of benzene rings is 3. The third-order valence-corrected chi connectivity index (χ3v) is 11.1. The van der Waals surface area contributed by atoms with Crippen molar-refractivity contribution < 1.29 is 26.7 Å². The molecule has 0 saturated carbocycles. The van der Waals surface area contributed by atoms with Gasteiger partial charge in [0.05, 0.1) is 28.3 Å². The molecule has 11 heteroatoms. The molecule has 0 radical (unpaired) electrons. The van der Waals surface area contributed by atoms with Crippen LogP contribution in [-0.2, 0) is 16.4 Å². The van der Waals surface area contributed by atoms with Crippen LogP contribution in [0.4, 0.5) is 14.5 Å². The Morgan fingerprint density at radius 2 is 1.65 bits per heavy atom. The van der Waals surface area contributed by atoms with Gasteiger partial charge in [0.2, 0.25) is 10.0 Å². The van der Waals surface area contributed by atoms with Crippen molar-refractivity contribution in [2.75, 3.05) is 38.2 Å². The number of rotatable bonds is 7. The fraction of sp³-hybridized carbons (Fsp3) is 0.406. The molecule has 2 bridgehead atoms. The molecule has 3 aliphatic rings. The molecule has 3 atom stereocenters. The Morgan fingerprint density at radius 1 is 0.953 bits per heavy atom. The van der Waals surface area contributed by atoms with Crippen LogP contribution in [0.1, 0.15) is 41.6 Å². The van der Waals surface area contributed by atoms with E-state index in [1.54, 1.807) is 34.5 Å². The van der Waals surface area contributed by atoms with E-state index < -0.39 is 27.6 Å². The van der Waals surface area contributed by atoms with Crippen LogP contribution in [-0.4, -0.2) is 68.9 Å². The zero-order valence-electron chi connectivity index (χ0n) is 23.9. The van der Waals surface area contributed by atoms with Crippen LogP contribution >= 0.6 is 11.6 Å². The second-order valence-corrected chi connectivity index (χ2v) is 14.0. The van der Waals surface area contributed by atoms with Crippen molar-refractivity contribution in [2.45, 2.75) is 49.1 Å². The van der Waals surface area contributed by atoms with Crippen LogP contribution in [0.15, 0.2) is 65.6 Å². The number of methoxy groups -OCH3 is 1. The first-order chi connectivity index (χ1) is 20.7. The number of halogens is 3. The van der Waals surface area contributed by atoms with Crippen molar-refractivity contribution >= 4 is 33.2 Å². The maximum Gasteiger partial charge on any atom is 0.255 e. The van der Waals surface area contributed by atoms with E-state index in [2.05, 4.69) is 17.0 Å². The van der Waals surface area contributed by atoms with Crippen molar-refractivity contribution in [2.24, 2.45) is 5.92 Å². The number of piperidine rings is 1. The summed E-state index contributed by atoms with van der Waals surface area (Å²) >= 11 is 6.10. The lowest BCUT2D eigenvalue weighted by Crippen LogP contribution is -2.55. The highest BCUT2D eigenvalue weighted by Crippen LogP contribution is 2.42. The zero-order chi connectivity index (χ0) is 30.3. The number of nitrogens with zero attached hydrogens (tertiary/aromatic N) is 3. The quantitative estimate of drug-likeness (QED) is 0.311. The Labute approximate surface area is 256 Å².